The number of hydrogen-bond acceptors (Lipinski definition) is 2. The molecule has 92 valence electrons. The summed E-state index contributed by atoms with van der Waals surface area (Å²) in [7, 11) is 0. The second kappa shape index (κ2) is 4.25. The number of benzene rings is 2. The molecule has 0 aromatic heterocycles. The summed E-state index contributed by atoms with van der Waals surface area (Å²) in [6, 6.07) is 13.5. The van der Waals surface area contributed by atoms with E-state index in [4.69, 9.17) is 5.26 Å². The van der Waals surface area contributed by atoms with Gasteiger partial charge in [0.1, 0.15) is 0 Å². The molecule has 3 heteroatoms. The van der Waals surface area contributed by atoms with Gasteiger partial charge in [0, 0.05) is 12.1 Å². The maximum Gasteiger partial charge on any atom is 0.251 e. The van der Waals surface area contributed by atoms with E-state index in [1.165, 1.54) is 0 Å². The second-order valence-electron chi connectivity index (χ2n) is 4.66. The Balaban J connectivity index is 2.19. The first-order valence-corrected chi connectivity index (χ1v) is 6.12. The van der Waals surface area contributed by atoms with Gasteiger partial charge in [-0.25, -0.2) is 0 Å². The van der Waals surface area contributed by atoms with Crippen LogP contribution in [0, 0.1) is 18.3 Å². The van der Waals surface area contributed by atoms with Crippen LogP contribution in [0.25, 0.3) is 11.1 Å². The summed E-state index contributed by atoms with van der Waals surface area (Å²) in [6.07, 6.45) is 0. The Hall–Kier alpha value is -2.60. The van der Waals surface area contributed by atoms with Crippen LogP contribution in [0.3, 0.4) is 0 Å². The number of carbonyl (C=O) groups excluding carboxylic acids is 1. The number of nitriles is 1. The van der Waals surface area contributed by atoms with Crippen LogP contribution in [-0.4, -0.2) is 5.91 Å². The van der Waals surface area contributed by atoms with Crippen LogP contribution in [0.2, 0.25) is 0 Å². The molecule has 1 aliphatic rings. The summed E-state index contributed by atoms with van der Waals surface area (Å²) in [5.74, 6) is -0.0110. The fourth-order valence-electron chi connectivity index (χ4n) is 2.54. The van der Waals surface area contributed by atoms with Crippen molar-refractivity contribution in [3.05, 3.63) is 58.7 Å². The zero-order valence-corrected chi connectivity index (χ0v) is 10.5. The first-order valence-electron chi connectivity index (χ1n) is 6.12. The van der Waals surface area contributed by atoms with Crippen LogP contribution in [-0.2, 0) is 6.54 Å². The molecular weight excluding hydrogens is 236 g/mol. The van der Waals surface area contributed by atoms with Crippen molar-refractivity contribution < 1.29 is 4.79 Å². The van der Waals surface area contributed by atoms with E-state index in [-0.39, 0.29) is 5.91 Å². The van der Waals surface area contributed by atoms with E-state index in [2.05, 4.69) is 11.4 Å². The molecule has 1 heterocycles. The number of amides is 1. The lowest BCUT2D eigenvalue weighted by Crippen LogP contribution is -2.12. The van der Waals surface area contributed by atoms with Gasteiger partial charge in [-0.15, -0.1) is 0 Å². The van der Waals surface area contributed by atoms with Gasteiger partial charge in [-0.05, 0) is 47.4 Å². The first kappa shape index (κ1) is 11.5. The van der Waals surface area contributed by atoms with Gasteiger partial charge in [0.05, 0.1) is 11.6 Å². The molecule has 0 fully saturated rings. The third-order valence-corrected chi connectivity index (χ3v) is 3.49. The molecule has 2 aromatic rings. The Morgan fingerprint density at radius 3 is 2.68 bits per heavy atom. The van der Waals surface area contributed by atoms with E-state index in [0.717, 1.165) is 27.8 Å². The fourth-order valence-corrected chi connectivity index (χ4v) is 2.54. The topological polar surface area (TPSA) is 52.9 Å². The van der Waals surface area contributed by atoms with E-state index in [9.17, 15) is 4.79 Å². The van der Waals surface area contributed by atoms with E-state index in [0.29, 0.717) is 12.1 Å². The van der Waals surface area contributed by atoms with Crippen molar-refractivity contribution in [1.29, 1.82) is 5.26 Å². The summed E-state index contributed by atoms with van der Waals surface area (Å²) in [6.45, 7) is 2.56. The molecule has 0 saturated carbocycles. The summed E-state index contributed by atoms with van der Waals surface area (Å²) in [5.41, 5.74) is 5.64. The van der Waals surface area contributed by atoms with Crippen LogP contribution in [0.15, 0.2) is 36.4 Å². The zero-order chi connectivity index (χ0) is 13.4. The lowest BCUT2D eigenvalue weighted by atomic mass is 9.93. The fraction of sp³-hybridized carbons (Fsp3) is 0.125. The Labute approximate surface area is 111 Å². The molecule has 0 spiro atoms. The standard InChI is InChI=1S/C16H12N2O/c1-10-7-11(8-17)5-6-12(10)13-3-2-4-14-15(13)9-18-16(14)19/h2-7H,9H2,1H3,(H,18,19). The molecule has 3 rings (SSSR count). The number of nitrogens with zero attached hydrogens (tertiary/aromatic N) is 1. The average molecular weight is 248 g/mol. The van der Waals surface area contributed by atoms with Gasteiger partial charge in [-0.2, -0.15) is 5.26 Å². The van der Waals surface area contributed by atoms with Crippen molar-refractivity contribution in [1.82, 2.24) is 5.32 Å². The highest BCUT2D eigenvalue weighted by atomic mass is 16.1. The minimum absolute atomic E-state index is 0.0110. The Kier molecular flexibility index (Phi) is 2.57. The molecule has 2 aromatic carbocycles. The van der Waals surface area contributed by atoms with Gasteiger partial charge < -0.3 is 5.32 Å². The van der Waals surface area contributed by atoms with Gasteiger partial charge in [-0.1, -0.05) is 18.2 Å². The smallest absolute Gasteiger partial charge is 0.251 e. The molecule has 0 bridgehead atoms. The lowest BCUT2D eigenvalue weighted by molar-refractivity contribution is 0.0966. The predicted octanol–water partition coefficient (Wildman–Crippen LogP) is 2.78. The maximum atomic E-state index is 11.7. The molecule has 0 atom stereocenters. The number of hydrogen-bond donors (Lipinski definition) is 1. The van der Waals surface area contributed by atoms with Crippen LogP contribution in [0.4, 0.5) is 0 Å². The molecule has 0 saturated heterocycles. The van der Waals surface area contributed by atoms with Gasteiger partial charge in [0.15, 0.2) is 0 Å². The third-order valence-electron chi connectivity index (χ3n) is 3.49. The van der Waals surface area contributed by atoms with Gasteiger partial charge in [0.25, 0.3) is 5.91 Å². The monoisotopic (exact) mass is 248 g/mol. The lowest BCUT2D eigenvalue weighted by Gasteiger charge is -2.10. The SMILES string of the molecule is Cc1cc(C#N)ccc1-c1cccc2c1CNC2=O. The van der Waals surface area contributed by atoms with Gasteiger partial charge >= 0.3 is 0 Å². The van der Waals surface area contributed by atoms with E-state index in [1.54, 1.807) is 0 Å². The third kappa shape index (κ3) is 1.78. The predicted molar refractivity (Wildman–Crippen MR) is 72.5 cm³/mol. The molecule has 1 aliphatic heterocycles. The minimum Gasteiger partial charge on any atom is -0.348 e. The minimum atomic E-state index is -0.0110. The van der Waals surface area contributed by atoms with E-state index < -0.39 is 0 Å². The van der Waals surface area contributed by atoms with Gasteiger partial charge in [0.2, 0.25) is 0 Å². The molecule has 0 aliphatic carbocycles. The second-order valence-corrected chi connectivity index (χ2v) is 4.66. The number of aryl methyl sites for hydroxylation is 1. The first-order chi connectivity index (χ1) is 9.20. The molecule has 3 nitrogen and oxygen atoms in total. The normalized spacial score (nSPS) is 12.7. The number of rotatable bonds is 1. The van der Waals surface area contributed by atoms with Gasteiger partial charge in [-0.3, -0.25) is 4.79 Å². The van der Waals surface area contributed by atoms with Crippen LogP contribution >= 0.6 is 0 Å². The molecule has 0 radical (unpaired) electrons. The van der Waals surface area contributed by atoms with Crippen LogP contribution < -0.4 is 5.32 Å². The van der Waals surface area contributed by atoms with Crippen molar-refractivity contribution in [2.24, 2.45) is 0 Å². The maximum absolute atomic E-state index is 11.7. The van der Waals surface area contributed by atoms with E-state index in [1.807, 2.05) is 43.3 Å². The highest BCUT2D eigenvalue weighted by molar-refractivity contribution is 6.00. The summed E-state index contributed by atoms with van der Waals surface area (Å²) >= 11 is 0. The Morgan fingerprint density at radius 2 is 1.95 bits per heavy atom. The largest absolute Gasteiger partial charge is 0.348 e. The van der Waals surface area contributed by atoms with Crippen LogP contribution in [0.5, 0.6) is 0 Å². The summed E-state index contributed by atoms with van der Waals surface area (Å²) < 4.78 is 0. The summed E-state index contributed by atoms with van der Waals surface area (Å²) in [4.78, 5) is 11.7. The Morgan fingerprint density at radius 1 is 1.16 bits per heavy atom. The highest BCUT2D eigenvalue weighted by Gasteiger charge is 2.22. The molecule has 19 heavy (non-hydrogen) atoms. The van der Waals surface area contributed by atoms with Crippen LogP contribution in [0.1, 0.15) is 27.0 Å². The number of carbonyl (C=O) groups is 1. The molecule has 0 unspecified atom stereocenters. The Bertz CT molecular complexity index is 726. The molecular formula is C16H12N2O. The van der Waals surface area contributed by atoms with Crippen molar-refractivity contribution in [2.45, 2.75) is 13.5 Å². The number of fused-ring (bicyclic) bond motifs is 1. The highest BCUT2D eigenvalue weighted by Crippen LogP contribution is 2.31. The zero-order valence-electron chi connectivity index (χ0n) is 10.5. The molecule has 1 N–H and O–H groups in total. The molecule has 1 amide bonds. The van der Waals surface area contributed by atoms with Crippen molar-refractivity contribution >= 4 is 5.91 Å². The summed E-state index contributed by atoms with van der Waals surface area (Å²) in [5, 5.41) is 11.8. The van der Waals surface area contributed by atoms with Crippen molar-refractivity contribution in [2.75, 3.05) is 0 Å². The quantitative estimate of drug-likeness (QED) is 0.843. The van der Waals surface area contributed by atoms with Crippen molar-refractivity contribution in [3.63, 3.8) is 0 Å². The number of nitrogens with one attached hydrogen (secondary N) is 1. The average Bonchev–Trinajstić information content (AvgIpc) is 2.81. The van der Waals surface area contributed by atoms with Crippen molar-refractivity contribution in [3.8, 4) is 17.2 Å². The van der Waals surface area contributed by atoms with E-state index >= 15 is 0 Å².